The molecular formula is C15H15FN4O4. The molecule has 0 saturated heterocycles. The van der Waals surface area contributed by atoms with Gasteiger partial charge in [-0.1, -0.05) is 5.21 Å². The molecule has 1 aromatic carbocycles. The number of hydrogen-bond acceptors (Lipinski definition) is 5. The van der Waals surface area contributed by atoms with Gasteiger partial charge < -0.3 is 15.2 Å². The summed E-state index contributed by atoms with van der Waals surface area (Å²) in [6, 6.07) is 3.85. The largest absolute Gasteiger partial charge is 0.491 e. The van der Waals surface area contributed by atoms with Gasteiger partial charge >= 0.3 is 5.97 Å². The Hall–Kier alpha value is -2.97. The molecule has 2 aromatic rings. The zero-order chi connectivity index (χ0) is 17.1. The maximum atomic E-state index is 13.4. The van der Waals surface area contributed by atoms with E-state index >= 15 is 0 Å². The van der Waals surface area contributed by atoms with Crippen molar-refractivity contribution in [2.24, 2.45) is 5.92 Å². The lowest BCUT2D eigenvalue weighted by molar-refractivity contribution is -0.116. The summed E-state index contributed by atoms with van der Waals surface area (Å²) in [4.78, 5) is 22.8. The molecule has 2 N–H and O–H groups in total. The van der Waals surface area contributed by atoms with Crippen molar-refractivity contribution in [3.8, 4) is 5.75 Å². The molecule has 1 fully saturated rings. The Kier molecular flexibility index (Phi) is 4.41. The molecule has 8 nitrogen and oxygen atoms in total. The van der Waals surface area contributed by atoms with E-state index in [-0.39, 0.29) is 18.0 Å². The molecule has 1 amide bonds. The number of hydrogen-bond donors (Lipinski definition) is 2. The van der Waals surface area contributed by atoms with Crippen LogP contribution in [0.2, 0.25) is 0 Å². The number of carbonyl (C=O) groups excluding carboxylic acids is 1. The molecule has 1 aliphatic carbocycles. The number of carboxylic acids is 1. The Labute approximate surface area is 136 Å². The Morgan fingerprint density at radius 3 is 2.88 bits per heavy atom. The molecule has 126 valence electrons. The number of aromatic nitrogens is 3. The number of nitrogens with zero attached hydrogens (tertiary/aromatic N) is 3. The van der Waals surface area contributed by atoms with Gasteiger partial charge in [0.2, 0.25) is 5.91 Å². The number of halogens is 1. The van der Waals surface area contributed by atoms with Gasteiger partial charge in [-0.3, -0.25) is 4.79 Å². The highest BCUT2D eigenvalue weighted by atomic mass is 19.1. The van der Waals surface area contributed by atoms with E-state index in [9.17, 15) is 14.0 Å². The molecule has 0 unspecified atom stereocenters. The molecule has 0 spiro atoms. The Balaban J connectivity index is 1.65. The van der Waals surface area contributed by atoms with Gasteiger partial charge in [0.1, 0.15) is 18.1 Å². The highest BCUT2D eigenvalue weighted by Gasteiger charge is 2.22. The van der Waals surface area contributed by atoms with Gasteiger partial charge in [0.15, 0.2) is 5.69 Å². The summed E-state index contributed by atoms with van der Waals surface area (Å²) in [6.07, 6.45) is 3.33. The second-order valence-corrected chi connectivity index (χ2v) is 5.55. The fraction of sp³-hybridized carbons (Fsp3) is 0.333. The standard InChI is InChI=1S/C15H15FN4O4/c16-10-3-4-11(13(5-10)24-8-9-1-2-9)17-14(21)7-20-6-12(15(22)23)18-19-20/h3-6,9H,1-2,7-8H2,(H,17,21)(H,22,23). The first-order valence-electron chi connectivity index (χ1n) is 7.37. The van der Waals surface area contributed by atoms with Crippen molar-refractivity contribution in [2.45, 2.75) is 19.4 Å². The van der Waals surface area contributed by atoms with Crippen LogP contribution in [0.4, 0.5) is 10.1 Å². The van der Waals surface area contributed by atoms with Crippen LogP contribution in [-0.2, 0) is 11.3 Å². The minimum absolute atomic E-state index is 0.222. The van der Waals surface area contributed by atoms with E-state index in [0.717, 1.165) is 23.7 Å². The number of carboxylic acid groups (broad SMARTS) is 1. The molecular weight excluding hydrogens is 319 g/mol. The zero-order valence-corrected chi connectivity index (χ0v) is 12.6. The minimum atomic E-state index is -1.23. The fourth-order valence-electron chi connectivity index (χ4n) is 2.02. The van der Waals surface area contributed by atoms with Crippen molar-refractivity contribution in [2.75, 3.05) is 11.9 Å². The fourth-order valence-corrected chi connectivity index (χ4v) is 2.02. The SMILES string of the molecule is O=C(Cn1cc(C(=O)O)nn1)Nc1ccc(F)cc1OCC1CC1. The van der Waals surface area contributed by atoms with Gasteiger partial charge in [-0.15, -0.1) is 5.10 Å². The van der Waals surface area contributed by atoms with Crippen molar-refractivity contribution in [3.05, 3.63) is 35.9 Å². The van der Waals surface area contributed by atoms with Crippen LogP contribution < -0.4 is 10.1 Å². The number of benzene rings is 1. The third-order valence-corrected chi connectivity index (χ3v) is 3.45. The molecule has 0 aliphatic heterocycles. The van der Waals surface area contributed by atoms with Gasteiger partial charge in [-0.2, -0.15) is 0 Å². The van der Waals surface area contributed by atoms with E-state index in [2.05, 4.69) is 15.6 Å². The normalized spacial score (nSPS) is 13.5. The highest BCUT2D eigenvalue weighted by Crippen LogP contribution is 2.32. The average molecular weight is 334 g/mol. The van der Waals surface area contributed by atoms with E-state index in [1.807, 2.05) is 0 Å². The molecule has 0 radical (unpaired) electrons. The first kappa shape index (κ1) is 15.9. The van der Waals surface area contributed by atoms with Crippen LogP contribution in [0.25, 0.3) is 0 Å². The first-order chi connectivity index (χ1) is 11.5. The van der Waals surface area contributed by atoms with Crippen LogP contribution in [0.15, 0.2) is 24.4 Å². The highest BCUT2D eigenvalue weighted by molar-refractivity contribution is 5.92. The third-order valence-electron chi connectivity index (χ3n) is 3.45. The number of rotatable bonds is 7. The quantitative estimate of drug-likeness (QED) is 0.795. The van der Waals surface area contributed by atoms with Gasteiger partial charge in [-0.05, 0) is 30.9 Å². The number of carbonyl (C=O) groups is 2. The molecule has 24 heavy (non-hydrogen) atoms. The van der Waals surface area contributed by atoms with Crippen LogP contribution in [0.3, 0.4) is 0 Å². The summed E-state index contributed by atoms with van der Waals surface area (Å²) in [7, 11) is 0. The summed E-state index contributed by atoms with van der Waals surface area (Å²) in [5.41, 5.74) is 0.0960. The van der Waals surface area contributed by atoms with E-state index in [4.69, 9.17) is 9.84 Å². The summed E-state index contributed by atoms with van der Waals surface area (Å²) in [6.45, 7) is 0.261. The second kappa shape index (κ2) is 6.65. The topological polar surface area (TPSA) is 106 Å². The van der Waals surface area contributed by atoms with Crippen LogP contribution in [0, 0.1) is 11.7 Å². The number of anilines is 1. The van der Waals surface area contributed by atoms with E-state index < -0.39 is 17.7 Å². The zero-order valence-electron chi connectivity index (χ0n) is 12.6. The number of amides is 1. The van der Waals surface area contributed by atoms with Gasteiger partial charge in [0.05, 0.1) is 18.5 Å². The van der Waals surface area contributed by atoms with Gasteiger partial charge in [0.25, 0.3) is 0 Å². The van der Waals surface area contributed by atoms with E-state index in [1.165, 1.54) is 18.2 Å². The van der Waals surface area contributed by atoms with Crippen LogP contribution in [0.1, 0.15) is 23.3 Å². The molecule has 0 atom stereocenters. The van der Waals surface area contributed by atoms with Crippen LogP contribution in [0.5, 0.6) is 5.75 Å². The Morgan fingerprint density at radius 1 is 1.42 bits per heavy atom. The smallest absolute Gasteiger partial charge is 0.358 e. The second-order valence-electron chi connectivity index (χ2n) is 5.55. The van der Waals surface area contributed by atoms with Crippen molar-refractivity contribution >= 4 is 17.6 Å². The summed E-state index contributed by atoms with van der Waals surface area (Å²) >= 11 is 0. The molecule has 1 aromatic heterocycles. The lowest BCUT2D eigenvalue weighted by Gasteiger charge is -2.12. The van der Waals surface area contributed by atoms with Crippen LogP contribution >= 0.6 is 0 Å². The Morgan fingerprint density at radius 2 is 2.21 bits per heavy atom. The van der Waals surface area contributed by atoms with Crippen molar-refractivity contribution in [3.63, 3.8) is 0 Å². The molecule has 9 heteroatoms. The van der Waals surface area contributed by atoms with Gasteiger partial charge in [-0.25, -0.2) is 13.9 Å². The number of ether oxygens (including phenoxy) is 1. The molecule has 0 bridgehead atoms. The maximum absolute atomic E-state index is 13.4. The number of aromatic carboxylic acids is 1. The molecule has 1 saturated carbocycles. The first-order valence-corrected chi connectivity index (χ1v) is 7.37. The monoisotopic (exact) mass is 334 g/mol. The average Bonchev–Trinajstić information content (AvgIpc) is 3.24. The lowest BCUT2D eigenvalue weighted by atomic mass is 10.2. The number of nitrogens with one attached hydrogen (secondary N) is 1. The minimum Gasteiger partial charge on any atom is -0.491 e. The molecule has 1 aliphatic rings. The lowest BCUT2D eigenvalue weighted by Crippen LogP contribution is -2.20. The maximum Gasteiger partial charge on any atom is 0.358 e. The van der Waals surface area contributed by atoms with Crippen LogP contribution in [-0.4, -0.2) is 38.6 Å². The van der Waals surface area contributed by atoms with Crippen molar-refractivity contribution in [1.29, 1.82) is 0 Å². The summed E-state index contributed by atoms with van der Waals surface area (Å²) in [5, 5.41) is 18.3. The third kappa shape index (κ3) is 4.06. The van der Waals surface area contributed by atoms with E-state index in [0.29, 0.717) is 18.2 Å². The van der Waals surface area contributed by atoms with Gasteiger partial charge in [0, 0.05) is 6.07 Å². The van der Waals surface area contributed by atoms with Crippen molar-refractivity contribution < 1.29 is 23.8 Å². The molecule has 3 rings (SSSR count). The predicted octanol–water partition coefficient (Wildman–Crippen LogP) is 1.54. The summed E-state index contributed by atoms with van der Waals surface area (Å²) < 4.78 is 20.0. The van der Waals surface area contributed by atoms with E-state index in [1.54, 1.807) is 0 Å². The predicted molar refractivity (Wildman–Crippen MR) is 80.2 cm³/mol. The molecule has 1 heterocycles. The van der Waals surface area contributed by atoms with Crippen molar-refractivity contribution in [1.82, 2.24) is 15.0 Å². The summed E-state index contributed by atoms with van der Waals surface area (Å²) in [5.74, 6) is -1.39. The Bertz CT molecular complexity index is 773.